The van der Waals surface area contributed by atoms with Crippen LogP contribution in [-0.2, 0) is 19.5 Å². The maximum atomic E-state index is 12.5. The molecule has 2 rings (SSSR count). The summed E-state index contributed by atoms with van der Waals surface area (Å²) in [6.45, 7) is 3.71. The van der Waals surface area contributed by atoms with Gasteiger partial charge in [-0.3, -0.25) is 0 Å². The van der Waals surface area contributed by atoms with Gasteiger partial charge in [0.15, 0.2) is 0 Å². The zero-order valence-electron chi connectivity index (χ0n) is 13.9. The minimum absolute atomic E-state index is 0.0945. The average Bonchev–Trinajstić information content (AvgIpc) is 3.17. The number of amidine groups is 1. The number of hydrogen-bond acceptors (Lipinski definition) is 10. The molecule has 0 aromatic carbocycles. The zero-order valence-corrected chi connectivity index (χ0v) is 15.5. The lowest BCUT2D eigenvalue weighted by atomic mass is 10.3. The van der Waals surface area contributed by atoms with Crippen molar-refractivity contribution < 1.29 is 27.5 Å². The number of methoxy groups -OCH3 is 2. The van der Waals surface area contributed by atoms with E-state index < -0.39 is 22.0 Å². The fourth-order valence-corrected chi connectivity index (χ4v) is 4.51. The predicted octanol–water partition coefficient (Wildman–Crippen LogP) is 0.216. The molecule has 0 saturated carbocycles. The number of sulfonamides is 1. The van der Waals surface area contributed by atoms with Gasteiger partial charge in [-0.2, -0.15) is 0 Å². The van der Waals surface area contributed by atoms with Gasteiger partial charge < -0.3 is 9.47 Å². The molecule has 25 heavy (non-hydrogen) atoms. The number of nitrogens with zero attached hydrogens (tertiary/aromatic N) is 3. The fourth-order valence-electron chi connectivity index (χ4n) is 2.00. The topological polar surface area (TPSA) is 130 Å². The largest absolute Gasteiger partial charge is 0.466 e. The van der Waals surface area contributed by atoms with Gasteiger partial charge in [0.25, 0.3) is 10.0 Å². The van der Waals surface area contributed by atoms with Gasteiger partial charge in [-0.05, 0) is 13.8 Å². The maximum absolute atomic E-state index is 12.5. The Hall–Kier alpha value is -2.38. The minimum atomic E-state index is -4.32. The molecule has 0 spiro atoms. The van der Waals surface area contributed by atoms with Crippen LogP contribution in [0, 0.1) is 6.92 Å². The predicted molar refractivity (Wildman–Crippen MR) is 87.9 cm³/mol. The van der Waals surface area contributed by atoms with Crippen molar-refractivity contribution in [2.75, 3.05) is 20.8 Å². The molecule has 0 aliphatic carbocycles. The third-order valence-corrected chi connectivity index (χ3v) is 5.68. The summed E-state index contributed by atoms with van der Waals surface area (Å²) in [6.07, 6.45) is 0. The van der Waals surface area contributed by atoms with E-state index in [-0.39, 0.29) is 16.5 Å². The number of ether oxygens (including phenoxy) is 2. The molecule has 11 nitrogen and oxygen atoms in total. The Labute approximate surface area is 148 Å². The summed E-state index contributed by atoms with van der Waals surface area (Å²) in [7, 11) is -1.82. The van der Waals surface area contributed by atoms with E-state index in [0.29, 0.717) is 16.5 Å². The number of esters is 1. The van der Waals surface area contributed by atoms with Crippen LogP contribution in [0.1, 0.15) is 22.2 Å². The van der Waals surface area contributed by atoms with Crippen LogP contribution in [0.2, 0.25) is 0 Å². The van der Waals surface area contributed by atoms with Crippen molar-refractivity contribution in [3.63, 3.8) is 0 Å². The number of urea groups is 1. The number of carbonyl (C=O) groups is 2. The first-order valence-electron chi connectivity index (χ1n) is 6.94. The Kier molecular flexibility index (Phi) is 5.49. The third kappa shape index (κ3) is 3.67. The van der Waals surface area contributed by atoms with Crippen LogP contribution in [-0.4, -0.2) is 57.3 Å². The molecular weight excluding hydrogens is 374 g/mol. The monoisotopic (exact) mass is 391 g/mol. The molecule has 2 N–H and O–H groups in total. The number of rotatable bonds is 4. The third-order valence-electron chi connectivity index (χ3n) is 3.14. The average molecular weight is 391 g/mol. The van der Waals surface area contributed by atoms with Crippen LogP contribution >= 0.6 is 11.3 Å². The van der Waals surface area contributed by atoms with E-state index in [1.807, 2.05) is 4.72 Å². The molecule has 0 radical (unpaired) electrons. The van der Waals surface area contributed by atoms with E-state index in [1.54, 1.807) is 6.92 Å². The Morgan fingerprint density at radius 1 is 1.40 bits per heavy atom. The van der Waals surface area contributed by atoms with Gasteiger partial charge in [-0.15, -0.1) is 22.0 Å². The molecule has 13 heteroatoms. The highest BCUT2D eigenvalue weighted by molar-refractivity contribution is 7.90. The number of amides is 2. The molecule has 2 amide bonds. The molecule has 0 unspecified atom stereocenters. The molecule has 138 valence electrons. The van der Waals surface area contributed by atoms with Crippen LogP contribution in [0.3, 0.4) is 0 Å². The highest BCUT2D eigenvalue weighted by atomic mass is 32.2. The van der Waals surface area contributed by atoms with Gasteiger partial charge in [0.1, 0.15) is 4.90 Å². The first kappa shape index (κ1) is 19.0. The molecule has 2 heterocycles. The van der Waals surface area contributed by atoms with Crippen LogP contribution in [0.15, 0.2) is 15.4 Å². The summed E-state index contributed by atoms with van der Waals surface area (Å²) < 4.78 is 36.5. The highest BCUT2D eigenvalue weighted by Gasteiger charge is 2.33. The van der Waals surface area contributed by atoms with Gasteiger partial charge in [0.05, 0.1) is 19.8 Å². The number of thiophene rings is 1. The molecule has 0 saturated heterocycles. The summed E-state index contributed by atoms with van der Waals surface area (Å²) in [4.78, 5) is 24.0. The SMILES string of the molecule is CCN1NN(C(=O)NS(=O)(=O)c2c(C(=O)OC)csc2C)N=C1OC. The first-order valence-corrected chi connectivity index (χ1v) is 9.31. The van der Waals surface area contributed by atoms with Gasteiger partial charge in [0.2, 0.25) is 0 Å². The normalized spacial score (nSPS) is 14.3. The van der Waals surface area contributed by atoms with Crippen molar-refractivity contribution in [3.8, 4) is 0 Å². The quantitative estimate of drug-likeness (QED) is 0.697. The number of hydrogen-bond donors (Lipinski definition) is 2. The first-order chi connectivity index (χ1) is 11.7. The molecular formula is C12H17N5O6S2. The van der Waals surface area contributed by atoms with Gasteiger partial charge in [-0.25, -0.2) is 27.7 Å². The van der Waals surface area contributed by atoms with Crippen LogP contribution in [0.5, 0.6) is 0 Å². The van der Waals surface area contributed by atoms with E-state index in [4.69, 9.17) is 4.74 Å². The summed E-state index contributed by atoms with van der Waals surface area (Å²) in [5.74, 6) is -0.812. The van der Waals surface area contributed by atoms with Crippen LogP contribution < -0.4 is 10.3 Å². The number of hydrazone groups is 1. The van der Waals surface area contributed by atoms with Crippen molar-refractivity contribution in [1.82, 2.24) is 20.4 Å². The molecule has 1 aromatic rings. The zero-order chi connectivity index (χ0) is 18.8. The molecule has 1 aromatic heterocycles. The van der Waals surface area contributed by atoms with Gasteiger partial charge in [-0.1, -0.05) is 5.10 Å². The van der Waals surface area contributed by atoms with Crippen LogP contribution in [0.4, 0.5) is 4.79 Å². The molecule has 1 aliphatic rings. The lowest BCUT2D eigenvalue weighted by Gasteiger charge is -2.18. The lowest BCUT2D eigenvalue weighted by Crippen LogP contribution is -2.49. The Morgan fingerprint density at radius 2 is 2.08 bits per heavy atom. The summed E-state index contributed by atoms with van der Waals surface area (Å²) >= 11 is 1.05. The second-order valence-corrected chi connectivity index (χ2v) is 7.38. The molecule has 0 bridgehead atoms. The lowest BCUT2D eigenvalue weighted by molar-refractivity contribution is 0.0597. The fraction of sp³-hybridized carbons (Fsp3) is 0.417. The van der Waals surface area contributed by atoms with Gasteiger partial charge >= 0.3 is 18.0 Å². The van der Waals surface area contributed by atoms with Crippen molar-refractivity contribution in [3.05, 3.63) is 15.8 Å². The molecule has 0 fully saturated rings. The van der Waals surface area contributed by atoms with E-state index in [9.17, 15) is 18.0 Å². The Morgan fingerprint density at radius 3 is 2.60 bits per heavy atom. The van der Waals surface area contributed by atoms with E-state index in [2.05, 4.69) is 15.4 Å². The number of nitrogens with one attached hydrogen (secondary N) is 2. The molecule has 0 atom stereocenters. The van der Waals surface area contributed by atoms with Crippen molar-refractivity contribution >= 4 is 39.4 Å². The smallest absolute Gasteiger partial charge is 0.368 e. The van der Waals surface area contributed by atoms with E-state index in [1.165, 1.54) is 24.4 Å². The number of carbonyl (C=O) groups excluding carboxylic acids is 2. The van der Waals surface area contributed by atoms with Crippen molar-refractivity contribution in [2.24, 2.45) is 5.10 Å². The Bertz CT molecular complexity index is 818. The summed E-state index contributed by atoms with van der Waals surface area (Å²) in [5.41, 5.74) is 2.40. The van der Waals surface area contributed by atoms with Gasteiger partial charge in [0, 0.05) is 16.8 Å². The second kappa shape index (κ2) is 7.25. The highest BCUT2D eigenvalue weighted by Crippen LogP contribution is 2.27. The Balaban J connectivity index is 2.26. The molecule has 1 aliphatic heterocycles. The standard InChI is InChI=1S/C12H17N5O6S2/c1-5-16-12(23-4)13-17(15-16)11(19)14-25(20,21)9-7(2)24-6-8(9)10(18)22-3/h6,15H,5H2,1-4H3,(H,14,19). The summed E-state index contributed by atoms with van der Waals surface area (Å²) in [6, 6.07) is -0.969. The summed E-state index contributed by atoms with van der Waals surface area (Å²) in [5, 5.41) is 7.22. The van der Waals surface area contributed by atoms with Crippen molar-refractivity contribution in [2.45, 2.75) is 18.7 Å². The maximum Gasteiger partial charge on any atom is 0.368 e. The number of hydrazine groups is 2. The second-order valence-electron chi connectivity index (χ2n) is 4.68. The van der Waals surface area contributed by atoms with E-state index >= 15 is 0 Å². The minimum Gasteiger partial charge on any atom is -0.466 e. The van der Waals surface area contributed by atoms with Crippen molar-refractivity contribution in [1.29, 1.82) is 0 Å². The van der Waals surface area contributed by atoms with Crippen LogP contribution in [0.25, 0.3) is 0 Å². The van der Waals surface area contributed by atoms with E-state index in [0.717, 1.165) is 18.4 Å². The number of aryl methyl sites for hydroxylation is 1.